The number of halogens is 1. The maximum absolute atomic E-state index is 12.6. The fourth-order valence-corrected chi connectivity index (χ4v) is 3.01. The summed E-state index contributed by atoms with van der Waals surface area (Å²) in [5.74, 6) is 0.967. The van der Waals surface area contributed by atoms with Crippen LogP contribution >= 0.6 is 12.4 Å². The van der Waals surface area contributed by atoms with Crippen molar-refractivity contribution in [3.8, 4) is 5.75 Å². The Morgan fingerprint density at radius 2 is 1.88 bits per heavy atom. The van der Waals surface area contributed by atoms with E-state index in [4.69, 9.17) is 4.74 Å². The van der Waals surface area contributed by atoms with Gasteiger partial charge in [-0.2, -0.15) is 0 Å². The average molecular weight is 361 g/mol. The number of nitrogens with one attached hydrogen (secondary N) is 1. The molecule has 1 aliphatic heterocycles. The number of nitrogens with zero attached hydrogens (tertiary/aromatic N) is 1. The molecule has 3 rings (SSSR count). The first kappa shape index (κ1) is 19.3. The van der Waals surface area contributed by atoms with Gasteiger partial charge in [0.25, 0.3) is 5.91 Å². The second kappa shape index (κ2) is 9.44. The number of rotatable bonds is 5. The van der Waals surface area contributed by atoms with Crippen molar-refractivity contribution in [1.82, 2.24) is 10.2 Å². The van der Waals surface area contributed by atoms with Crippen molar-refractivity contribution in [3.63, 3.8) is 0 Å². The van der Waals surface area contributed by atoms with Crippen molar-refractivity contribution in [2.75, 3.05) is 20.1 Å². The molecule has 0 bridgehead atoms. The van der Waals surface area contributed by atoms with E-state index in [0.29, 0.717) is 12.6 Å². The number of likely N-dealkylation sites (N-methyl/N-ethyl adjacent to an activating group) is 1. The third-order valence-electron chi connectivity index (χ3n) is 4.47. The van der Waals surface area contributed by atoms with Gasteiger partial charge in [0.05, 0.1) is 0 Å². The first-order valence-corrected chi connectivity index (χ1v) is 8.49. The summed E-state index contributed by atoms with van der Waals surface area (Å²) in [7, 11) is 1.96. The van der Waals surface area contributed by atoms with Crippen molar-refractivity contribution in [1.29, 1.82) is 0 Å². The lowest BCUT2D eigenvalue weighted by Gasteiger charge is -2.32. The van der Waals surface area contributed by atoms with Crippen LogP contribution < -0.4 is 10.1 Å². The topological polar surface area (TPSA) is 41.6 Å². The summed E-state index contributed by atoms with van der Waals surface area (Å²) < 4.78 is 5.73. The van der Waals surface area contributed by atoms with Gasteiger partial charge in [-0.05, 0) is 49.7 Å². The minimum atomic E-state index is 0. The lowest BCUT2D eigenvalue weighted by molar-refractivity contribution is 0.0698. The van der Waals surface area contributed by atoms with E-state index in [0.717, 1.165) is 42.8 Å². The number of likely N-dealkylation sites (tertiary alicyclic amines) is 1. The summed E-state index contributed by atoms with van der Waals surface area (Å²) in [6, 6.07) is 17.9. The van der Waals surface area contributed by atoms with Crippen LogP contribution in [-0.4, -0.2) is 37.0 Å². The number of amides is 1. The minimum Gasteiger partial charge on any atom is -0.489 e. The molecule has 1 heterocycles. The van der Waals surface area contributed by atoms with Gasteiger partial charge in [-0.1, -0.05) is 30.3 Å². The quantitative estimate of drug-likeness (QED) is 0.887. The molecule has 1 N–H and O–H groups in total. The molecule has 0 saturated carbocycles. The van der Waals surface area contributed by atoms with Gasteiger partial charge in [0.1, 0.15) is 12.4 Å². The average Bonchev–Trinajstić information content (AvgIpc) is 2.67. The maximum Gasteiger partial charge on any atom is 0.253 e. The molecule has 2 aromatic rings. The van der Waals surface area contributed by atoms with Crippen molar-refractivity contribution in [2.24, 2.45) is 0 Å². The van der Waals surface area contributed by atoms with Gasteiger partial charge in [0.15, 0.2) is 0 Å². The van der Waals surface area contributed by atoms with Gasteiger partial charge < -0.3 is 15.0 Å². The van der Waals surface area contributed by atoms with Crippen LogP contribution in [0.2, 0.25) is 0 Å². The molecule has 1 aliphatic rings. The molecule has 4 nitrogen and oxygen atoms in total. The third kappa shape index (κ3) is 5.21. The van der Waals surface area contributed by atoms with E-state index in [-0.39, 0.29) is 18.3 Å². The lowest BCUT2D eigenvalue weighted by atomic mass is 10.0. The zero-order valence-electron chi connectivity index (χ0n) is 14.5. The smallest absolute Gasteiger partial charge is 0.253 e. The standard InChI is InChI=1S/C20H24N2O2.ClH/c1-21-18-6-5-13-22(14-18)20(23)17-11-9-16(10-12-17)15-24-19-7-3-2-4-8-19;/h2-4,7-12,18,21H,5-6,13-15H2,1H3;1H. The number of hydrogen-bond acceptors (Lipinski definition) is 3. The number of carbonyl (C=O) groups is 1. The number of piperidine rings is 1. The highest BCUT2D eigenvalue weighted by Gasteiger charge is 2.23. The fourth-order valence-electron chi connectivity index (χ4n) is 3.01. The Labute approximate surface area is 155 Å². The van der Waals surface area contributed by atoms with Crippen LogP contribution in [0.5, 0.6) is 5.75 Å². The van der Waals surface area contributed by atoms with E-state index in [1.165, 1.54) is 0 Å². The van der Waals surface area contributed by atoms with E-state index in [9.17, 15) is 4.79 Å². The Hall–Kier alpha value is -2.04. The molecule has 0 aromatic heterocycles. The maximum atomic E-state index is 12.6. The van der Waals surface area contributed by atoms with Crippen LogP contribution in [0.25, 0.3) is 0 Å². The highest BCUT2D eigenvalue weighted by molar-refractivity contribution is 5.94. The Kier molecular flexibility index (Phi) is 7.29. The second-order valence-electron chi connectivity index (χ2n) is 6.18. The van der Waals surface area contributed by atoms with Crippen LogP contribution in [0.4, 0.5) is 0 Å². The minimum absolute atomic E-state index is 0. The number of hydrogen-bond donors (Lipinski definition) is 1. The van der Waals surface area contributed by atoms with Gasteiger partial charge in [-0.15, -0.1) is 12.4 Å². The summed E-state index contributed by atoms with van der Waals surface area (Å²) >= 11 is 0. The molecule has 0 radical (unpaired) electrons. The predicted molar refractivity (Wildman–Crippen MR) is 102 cm³/mol. The Balaban J connectivity index is 0.00000225. The molecule has 2 aromatic carbocycles. The fraction of sp³-hybridized carbons (Fsp3) is 0.350. The largest absolute Gasteiger partial charge is 0.489 e. The zero-order chi connectivity index (χ0) is 16.8. The summed E-state index contributed by atoms with van der Waals surface area (Å²) in [4.78, 5) is 14.6. The van der Waals surface area contributed by atoms with Crippen molar-refractivity contribution in [2.45, 2.75) is 25.5 Å². The normalized spacial score (nSPS) is 16.8. The summed E-state index contributed by atoms with van der Waals surface area (Å²) in [6.07, 6.45) is 2.19. The van der Waals surface area contributed by atoms with Crippen molar-refractivity contribution >= 4 is 18.3 Å². The lowest BCUT2D eigenvalue weighted by Crippen LogP contribution is -2.46. The third-order valence-corrected chi connectivity index (χ3v) is 4.47. The molecular weight excluding hydrogens is 336 g/mol. The first-order chi connectivity index (χ1) is 11.8. The first-order valence-electron chi connectivity index (χ1n) is 8.49. The van der Waals surface area contributed by atoms with Crippen LogP contribution in [0, 0.1) is 0 Å². The SMILES string of the molecule is CNC1CCCN(C(=O)c2ccc(COc3ccccc3)cc2)C1.Cl. The molecule has 1 fully saturated rings. The summed E-state index contributed by atoms with van der Waals surface area (Å²) in [5, 5.41) is 3.27. The number of benzene rings is 2. The van der Waals surface area contributed by atoms with Gasteiger partial charge in [-0.3, -0.25) is 4.79 Å². The molecule has 0 aliphatic carbocycles. The molecule has 1 amide bonds. The van der Waals surface area contributed by atoms with Gasteiger partial charge in [0, 0.05) is 24.7 Å². The van der Waals surface area contributed by atoms with Crippen molar-refractivity contribution in [3.05, 3.63) is 65.7 Å². The van der Waals surface area contributed by atoms with E-state index >= 15 is 0 Å². The van der Waals surface area contributed by atoms with Gasteiger partial charge >= 0.3 is 0 Å². The molecule has 134 valence electrons. The summed E-state index contributed by atoms with van der Waals surface area (Å²) in [5.41, 5.74) is 1.80. The number of carbonyl (C=O) groups excluding carboxylic acids is 1. The van der Waals surface area contributed by atoms with E-state index in [1.54, 1.807) is 0 Å². The second-order valence-corrected chi connectivity index (χ2v) is 6.18. The molecule has 25 heavy (non-hydrogen) atoms. The van der Waals surface area contributed by atoms with E-state index in [1.807, 2.05) is 66.5 Å². The molecule has 1 atom stereocenters. The van der Waals surface area contributed by atoms with Gasteiger partial charge in [0.2, 0.25) is 0 Å². The zero-order valence-corrected chi connectivity index (χ0v) is 15.3. The molecule has 1 unspecified atom stereocenters. The Morgan fingerprint density at radius 1 is 1.16 bits per heavy atom. The van der Waals surface area contributed by atoms with Crippen LogP contribution in [0.1, 0.15) is 28.8 Å². The molecular formula is C20H25ClN2O2. The van der Waals surface area contributed by atoms with Crippen LogP contribution in [-0.2, 0) is 6.61 Å². The summed E-state index contributed by atoms with van der Waals surface area (Å²) in [6.45, 7) is 2.13. The highest BCUT2D eigenvalue weighted by Crippen LogP contribution is 2.16. The molecule has 0 spiro atoms. The molecule has 5 heteroatoms. The van der Waals surface area contributed by atoms with E-state index < -0.39 is 0 Å². The molecule has 1 saturated heterocycles. The Morgan fingerprint density at radius 3 is 2.56 bits per heavy atom. The number of para-hydroxylation sites is 1. The highest BCUT2D eigenvalue weighted by atomic mass is 35.5. The van der Waals surface area contributed by atoms with Crippen LogP contribution in [0.15, 0.2) is 54.6 Å². The monoisotopic (exact) mass is 360 g/mol. The van der Waals surface area contributed by atoms with Crippen molar-refractivity contribution < 1.29 is 9.53 Å². The van der Waals surface area contributed by atoms with Crippen LogP contribution in [0.3, 0.4) is 0 Å². The van der Waals surface area contributed by atoms with Gasteiger partial charge in [-0.25, -0.2) is 0 Å². The van der Waals surface area contributed by atoms with E-state index in [2.05, 4.69) is 5.32 Å². The predicted octanol–water partition coefficient (Wildman–Crippen LogP) is 3.51. The Bertz CT molecular complexity index is 661. The number of ether oxygens (including phenoxy) is 1.